The molecule has 2 N–H and O–H groups in total. The molecule has 0 bridgehead atoms. The summed E-state index contributed by atoms with van der Waals surface area (Å²) >= 11 is 0. The lowest BCUT2D eigenvalue weighted by molar-refractivity contribution is 0.282. The Kier molecular flexibility index (Phi) is 24.1. The lowest BCUT2D eigenvalue weighted by Crippen LogP contribution is -1.82. The van der Waals surface area contributed by atoms with E-state index in [1.54, 1.807) is 0 Å². The summed E-state index contributed by atoms with van der Waals surface area (Å²) in [5, 5.41) is 16.8. The number of hydrogen-bond donors (Lipinski definition) is 2. The van der Waals surface area contributed by atoms with Crippen LogP contribution >= 0.6 is 0 Å². The van der Waals surface area contributed by atoms with Crippen molar-refractivity contribution in [3.05, 3.63) is 0 Å². The first kappa shape index (κ1) is 19.3. The first-order chi connectivity index (χ1) is 8.33. The Morgan fingerprint density at radius 1 is 0.471 bits per heavy atom. The highest BCUT2D eigenvalue weighted by molar-refractivity contribution is 4.41. The van der Waals surface area contributed by atoms with E-state index in [4.69, 9.17) is 10.2 Å². The zero-order chi connectivity index (χ0) is 13.2. The molecule has 0 spiro atoms. The lowest BCUT2D eigenvalue weighted by Gasteiger charge is -1.95. The van der Waals surface area contributed by atoms with Crippen LogP contribution in [0.1, 0.15) is 84.5 Å². The van der Waals surface area contributed by atoms with E-state index in [1.807, 2.05) is 0 Å². The zero-order valence-corrected chi connectivity index (χ0v) is 12.1. The molecule has 0 aromatic rings. The van der Waals surface area contributed by atoms with Crippen molar-refractivity contribution < 1.29 is 10.2 Å². The van der Waals surface area contributed by atoms with Crippen LogP contribution in [-0.4, -0.2) is 23.4 Å². The van der Waals surface area contributed by atoms with Gasteiger partial charge < -0.3 is 10.2 Å². The van der Waals surface area contributed by atoms with Gasteiger partial charge in [0.15, 0.2) is 0 Å². The standard InChI is InChI=1S/C8H18O.C7H16O/c1-2-3-4-5-6-7-8-9;1-2-3-4-5-6-7-8/h9H,2-8H2,1H3;8H,2-7H2,1H3. The fourth-order valence-electron chi connectivity index (χ4n) is 1.61. The highest BCUT2D eigenvalue weighted by Crippen LogP contribution is 2.03. The monoisotopic (exact) mass is 246 g/mol. The molecule has 0 radical (unpaired) electrons. The molecule has 0 aliphatic rings. The quantitative estimate of drug-likeness (QED) is 0.534. The number of hydrogen-bond acceptors (Lipinski definition) is 2. The largest absolute Gasteiger partial charge is 0.396 e. The van der Waals surface area contributed by atoms with E-state index in [-0.39, 0.29) is 0 Å². The maximum Gasteiger partial charge on any atom is 0.0431 e. The van der Waals surface area contributed by atoms with Crippen LogP contribution in [0.3, 0.4) is 0 Å². The second-order valence-corrected chi connectivity index (χ2v) is 4.63. The molecule has 2 nitrogen and oxygen atoms in total. The van der Waals surface area contributed by atoms with E-state index < -0.39 is 0 Å². The number of aliphatic hydroxyl groups is 2. The van der Waals surface area contributed by atoms with Crippen LogP contribution in [-0.2, 0) is 0 Å². The minimum atomic E-state index is 0.365. The fraction of sp³-hybridized carbons (Fsp3) is 1.00. The number of rotatable bonds is 11. The Balaban J connectivity index is 0. The summed E-state index contributed by atoms with van der Waals surface area (Å²) in [6, 6.07) is 0. The fourth-order valence-corrected chi connectivity index (χ4v) is 1.61. The molecule has 0 aromatic heterocycles. The van der Waals surface area contributed by atoms with E-state index >= 15 is 0 Å². The van der Waals surface area contributed by atoms with Gasteiger partial charge in [0.05, 0.1) is 0 Å². The minimum absolute atomic E-state index is 0.365. The molecule has 0 saturated carbocycles. The second-order valence-electron chi connectivity index (χ2n) is 4.63. The van der Waals surface area contributed by atoms with Crippen molar-refractivity contribution in [2.24, 2.45) is 0 Å². The first-order valence-corrected chi connectivity index (χ1v) is 7.55. The predicted octanol–water partition coefficient (Wildman–Crippen LogP) is 4.29. The van der Waals surface area contributed by atoms with Crippen LogP contribution in [0.2, 0.25) is 0 Å². The molecule has 0 heterocycles. The van der Waals surface area contributed by atoms with Crippen molar-refractivity contribution in [3.8, 4) is 0 Å². The SMILES string of the molecule is CCCCCCCCO.CCCCCCCO. The summed E-state index contributed by atoms with van der Waals surface area (Å²) in [5.74, 6) is 0. The van der Waals surface area contributed by atoms with Crippen LogP contribution in [0.5, 0.6) is 0 Å². The first-order valence-electron chi connectivity index (χ1n) is 7.55. The second kappa shape index (κ2) is 21.2. The van der Waals surface area contributed by atoms with Gasteiger partial charge in [-0.25, -0.2) is 0 Å². The molecule has 0 fully saturated rings. The Morgan fingerprint density at radius 3 is 1.06 bits per heavy atom. The van der Waals surface area contributed by atoms with Crippen molar-refractivity contribution in [1.82, 2.24) is 0 Å². The molecular weight excluding hydrogens is 212 g/mol. The predicted molar refractivity (Wildman–Crippen MR) is 76.3 cm³/mol. The molecule has 0 aliphatic carbocycles. The number of aliphatic hydroxyl groups excluding tert-OH is 2. The molecule has 0 amide bonds. The van der Waals surface area contributed by atoms with E-state index in [9.17, 15) is 0 Å². The minimum Gasteiger partial charge on any atom is -0.396 e. The van der Waals surface area contributed by atoms with Crippen LogP contribution in [0.4, 0.5) is 0 Å². The molecular formula is C15H34O2. The summed E-state index contributed by atoms with van der Waals surface area (Å²) in [5.41, 5.74) is 0. The molecule has 0 unspecified atom stereocenters. The Bertz CT molecular complexity index is 93.1. The molecule has 0 rings (SSSR count). The topological polar surface area (TPSA) is 40.5 Å². The maximum atomic E-state index is 8.42. The maximum absolute atomic E-state index is 8.42. The Hall–Kier alpha value is -0.0800. The van der Waals surface area contributed by atoms with Crippen LogP contribution in [0.25, 0.3) is 0 Å². The molecule has 0 aromatic carbocycles. The highest BCUT2D eigenvalue weighted by Gasteiger charge is 1.86. The Labute approximate surface area is 108 Å². The van der Waals surface area contributed by atoms with Gasteiger partial charge in [-0.2, -0.15) is 0 Å². The van der Waals surface area contributed by atoms with Crippen molar-refractivity contribution in [2.45, 2.75) is 84.5 Å². The molecule has 0 atom stereocenters. The smallest absolute Gasteiger partial charge is 0.0431 e. The van der Waals surface area contributed by atoms with E-state index in [0.717, 1.165) is 12.8 Å². The molecule has 17 heavy (non-hydrogen) atoms. The van der Waals surface area contributed by atoms with Crippen molar-refractivity contribution >= 4 is 0 Å². The normalized spacial score (nSPS) is 9.88. The summed E-state index contributed by atoms with van der Waals surface area (Å²) in [4.78, 5) is 0. The van der Waals surface area contributed by atoms with Crippen LogP contribution in [0, 0.1) is 0 Å². The van der Waals surface area contributed by atoms with Gasteiger partial charge in [0, 0.05) is 13.2 Å². The average Bonchev–Trinajstić information content (AvgIpc) is 2.36. The third-order valence-electron chi connectivity index (χ3n) is 2.77. The van der Waals surface area contributed by atoms with Crippen molar-refractivity contribution in [3.63, 3.8) is 0 Å². The summed E-state index contributed by atoms with van der Waals surface area (Å²) < 4.78 is 0. The van der Waals surface area contributed by atoms with Gasteiger partial charge in [-0.1, -0.05) is 71.6 Å². The van der Waals surface area contributed by atoms with Crippen molar-refractivity contribution in [2.75, 3.05) is 13.2 Å². The molecule has 2 heteroatoms. The summed E-state index contributed by atoms with van der Waals surface area (Å²) in [6.07, 6.45) is 13.6. The molecule has 0 saturated heterocycles. The molecule has 0 aliphatic heterocycles. The van der Waals surface area contributed by atoms with Gasteiger partial charge in [-0.3, -0.25) is 0 Å². The highest BCUT2D eigenvalue weighted by atomic mass is 16.3. The van der Waals surface area contributed by atoms with Gasteiger partial charge in [-0.15, -0.1) is 0 Å². The van der Waals surface area contributed by atoms with Gasteiger partial charge in [-0.05, 0) is 12.8 Å². The number of unbranched alkanes of at least 4 members (excludes halogenated alkanes) is 9. The van der Waals surface area contributed by atoms with Gasteiger partial charge in [0.1, 0.15) is 0 Å². The average molecular weight is 246 g/mol. The third kappa shape index (κ3) is 25.9. The molecule has 106 valence electrons. The van der Waals surface area contributed by atoms with Gasteiger partial charge in [0.25, 0.3) is 0 Å². The third-order valence-corrected chi connectivity index (χ3v) is 2.77. The zero-order valence-electron chi connectivity index (χ0n) is 12.1. The summed E-state index contributed by atoms with van der Waals surface area (Å²) in [7, 11) is 0. The van der Waals surface area contributed by atoms with Crippen molar-refractivity contribution in [1.29, 1.82) is 0 Å². The summed E-state index contributed by atoms with van der Waals surface area (Å²) in [6.45, 7) is 5.14. The van der Waals surface area contributed by atoms with Crippen LogP contribution < -0.4 is 0 Å². The van der Waals surface area contributed by atoms with Gasteiger partial charge >= 0.3 is 0 Å². The van der Waals surface area contributed by atoms with Gasteiger partial charge in [0.2, 0.25) is 0 Å². The Morgan fingerprint density at radius 2 is 0.765 bits per heavy atom. The van der Waals surface area contributed by atoms with E-state index in [2.05, 4.69) is 13.8 Å². The van der Waals surface area contributed by atoms with Crippen LogP contribution in [0.15, 0.2) is 0 Å². The lowest BCUT2D eigenvalue weighted by atomic mass is 10.1. The van der Waals surface area contributed by atoms with E-state index in [1.165, 1.54) is 57.8 Å². The van der Waals surface area contributed by atoms with E-state index in [0.29, 0.717) is 13.2 Å².